The summed E-state index contributed by atoms with van der Waals surface area (Å²) in [6.45, 7) is 9.65. The zero-order chi connectivity index (χ0) is 34.6. The van der Waals surface area contributed by atoms with Crippen LogP contribution in [0.1, 0.15) is 181 Å². The Morgan fingerprint density at radius 2 is 0.875 bits per heavy atom. The first-order valence-corrected chi connectivity index (χ1v) is 21.1. The second kappa shape index (κ2) is 35.6. The monoisotopic (exact) mass is 670 g/mol. The van der Waals surface area contributed by atoms with Crippen LogP contribution < -0.4 is 5.32 Å². The number of likely N-dealkylation sites (N-methyl/N-ethyl adjacent to an activating group) is 1. The van der Waals surface area contributed by atoms with Crippen molar-refractivity contribution in [1.82, 2.24) is 15.1 Å². The highest BCUT2D eigenvalue weighted by molar-refractivity contribution is 4.93. The van der Waals surface area contributed by atoms with Crippen LogP contribution in [-0.2, 0) is 0 Å². The molecule has 0 saturated carbocycles. The van der Waals surface area contributed by atoms with Gasteiger partial charge in [-0.25, -0.2) is 0 Å². The third-order valence-electron chi connectivity index (χ3n) is 9.96. The average molecular weight is 670 g/mol. The van der Waals surface area contributed by atoms with Crippen LogP contribution in [0.2, 0.25) is 0 Å². The summed E-state index contributed by atoms with van der Waals surface area (Å²) in [4.78, 5) is 4.81. The molecule has 1 fully saturated rings. The molecular formula is C44H83N3O. The first-order chi connectivity index (χ1) is 23.7. The van der Waals surface area contributed by atoms with Crippen LogP contribution in [0.5, 0.6) is 0 Å². The van der Waals surface area contributed by atoms with Crippen LogP contribution in [0.15, 0.2) is 48.6 Å². The minimum Gasteiger partial charge on any atom is -0.377 e. The molecule has 0 spiro atoms. The molecule has 0 aromatic carbocycles. The topological polar surface area (TPSA) is 38.7 Å². The molecule has 280 valence electrons. The normalized spacial score (nSPS) is 15.9. The molecule has 2 N–H and O–H groups in total. The molecule has 1 rings (SSSR count). The van der Waals surface area contributed by atoms with Crippen molar-refractivity contribution in [3.05, 3.63) is 48.6 Å². The molecule has 1 heterocycles. The second-order valence-corrected chi connectivity index (χ2v) is 14.7. The molecule has 1 aliphatic heterocycles. The fourth-order valence-corrected chi connectivity index (χ4v) is 6.67. The molecule has 1 saturated heterocycles. The number of nitrogens with zero attached hydrogens (tertiary/aromatic N) is 2. The van der Waals surface area contributed by atoms with Gasteiger partial charge >= 0.3 is 0 Å². The molecule has 1 aliphatic rings. The molecule has 48 heavy (non-hydrogen) atoms. The second-order valence-electron chi connectivity index (χ2n) is 14.7. The van der Waals surface area contributed by atoms with Gasteiger partial charge in [0.2, 0.25) is 0 Å². The van der Waals surface area contributed by atoms with Crippen LogP contribution in [-0.4, -0.2) is 66.9 Å². The van der Waals surface area contributed by atoms with Gasteiger partial charge in [0.05, 0.1) is 0 Å². The zero-order valence-electron chi connectivity index (χ0n) is 32.5. The highest BCUT2D eigenvalue weighted by Gasteiger charge is 2.19. The van der Waals surface area contributed by atoms with Gasteiger partial charge in [0, 0.05) is 38.8 Å². The quantitative estimate of drug-likeness (QED) is 0.0406. The van der Waals surface area contributed by atoms with Crippen LogP contribution in [0.3, 0.4) is 0 Å². The van der Waals surface area contributed by atoms with E-state index in [4.69, 9.17) is 0 Å². The van der Waals surface area contributed by atoms with E-state index >= 15 is 0 Å². The lowest BCUT2D eigenvalue weighted by Gasteiger charge is -2.34. The molecule has 0 aliphatic carbocycles. The van der Waals surface area contributed by atoms with E-state index in [1.165, 1.54) is 154 Å². The minimum absolute atomic E-state index is 0.410. The number of aliphatic hydroxyl groups excluding tert-OH is 1. The number of hydrogen-bond acceptors (Lipinski definition) is 4. The SMILES string of the molecule is CCCCC/C=C\C/C=C\CCCCCCCCC(CCCCCCCC/C=C\C/C=C\CCCCC)NC(O)CN1CCN(C)CC1. The van der Waals surface area contributed by atoms with E-state index in [0.717, 1.165) is 45.6 Å². The Balaban J connectivity index is 2.18. The number of piperazine rings is 1. The molecule has 1 unspecified atom stereocenters. The predicted octanol–water partition coefficient (Wildman–Crippen LogP) is 11.9. The Morgan fingerprint density at radius 3 is 1.29 bits per heavy atom. The maximum atomic E-state index is 10.9. The van der Waals surface area contributed by atoms with Gasteiger partial charge in [0.25, 0.3) is 0 Å². The number of β-amino-alcohol motifs (C(OH)–C–C–N with tert-alkyl or cyclic N) is 1. The third kappa shape index (κ3) is 30.8. The number of nitrogens with one attached hydrogen (secondary N) is 1. The van der Waals surface area contributed by atoms with E-state index in [9.17, 15) is 5.11 Å². The molecular weight excluding hydrogens is 587 g/mol. The summed E-state index contributed by atoms with van der Waals surface area (Å²) < 4.78 is 0. The summed E-state index contributed by atoms with van der Waals surface area (Å²) >= 11 is 0. The van der Waals surface area contributed by atoms with Crippen LogP contribution in [0, 0.1) is 0 Å². The van der Waals surface area contributed by atoms with E-state index < -0.39 is 6.23 Å². The summed E-state index contributed by atoms with van der Waals surface area (Å²) in [7, 11) is 2.20. The number of rotatable bonds is 34. The smallest absolute Gasteiger partial charge is 0.117 e. The maximum absolute atomic E-state index is 10.9. The van der Waals surface area contributed by atoms with E-state index in [1.54, 1.807) is 0 Å². The molecule has 0 amide bonds. The summed E-state index contributed by atoms with van der Waals surface area (Å²) in [5.41, 5.74) is 0. The van der Waals surface area contributed by atoms with Gasteiger partial charge in [-0.1, -0.05) is 152 Å². The molecule has 0 aromatic rings. The molecule has 0 aromatic heterocycles. The first-order valence-electron chi connectivity index (χ1n) is 21.1. The number of unbranched alkanes of at least 4 members (excludes halogenated alkanes) is 18. The molecule has 0 bridgehead atoms. The molecule has 1 atom stereocenters. The van der Waals surface area contributed by atoms with Crippen molar-refractivity contribution in [3.63, 3.8) is 0 Å². The lowest BCUT2D eigenvalue weighted by Crippen LogP contribution is -2.51. The van der Waals surface area contributed by atoms with Gasteiger partial charge in [0.1, 0.15) is 6.23 Å². The number of aliphatic hydroxyl groups is 1. The average Bonchev–Trinajstić information content (AvgIpc) is 3.08. The standard InChI is InChI=1S/C44H83N3O/c1-4-6-8-10-12-14-16-18-20-22-24-26-28-30-32-34-36-43(45-44(48)42-47-40-38-46(3)39-41-47)37-35-33-31-29-27-25-23-21-19-17-15-13-11-9-7-5-2/h12-15,18-21,43-45,48H,4-11,16-17,22-42H2,1-3H3/b14-12-,15-13-,20-18-,21-19-. The van der Waals surface area contributed by atoms with Crippen LogP contribution in [0.4, 0.5) is 0 Å². The Morgan fingerprint density at radius 1 is 0.500 bits per heavy atom. The number of hydrogen-bond donors (Lipinski definition) is 2. The van der Waals surface area contributed by atoms with Gasteiger partial charge in [-0.3, -0.25) is 10.2 Å². The fourth-order valence-electron chi connectivity index (χ4n) is 6.67. The lowest BCUT2D eigenvalue weighted by molar-refractivity contribution is 0.0514. The zero-order valence-corrected chi connectivity index (χ0v) is 32.5. The Hall–Kier alpha value is -1.20. The van der Waals surface area contributed by atoms with Crippen molar-refractivity contribution >= 4 is 0 Å². The van der Waals surface area contributed by atoms with Crippen molar-refractivity contribution in [2.75, 3.05) is 39.8 Å². The van der Waals surface area contributed by atoms with E-state index in [0.29, 0.717) is 6.04 Å². The van der Waals surface area contributed by atoms with Crippen molar-refractivity contribution in [2.45, 2.75) is 193 Å². The lowest BCUT2D eigenvalue weighted by atomic mass is 9.99. The first kappa shape index (κ1) is 44.8. The van der Waals surface area contributed by atoms with Crippen molar-refractivity contribution in [3.8, 4) is 0 Å². The predicted molar refractivity (Wildman–Crippen MR) is 215 cm³/mol. The Bertz CT molecular complexity index is 719. The highest BCUT2D eigenvalue weighted by atomic mass is 16.3. The van der Waals surface area contributed by atoms with Crippen LogP contribution >= 0.6 is 0 Å². The van der Waals surface area contributed by atoms with E-state index in [-0.39, 0.29) is 0 Å². The van der Waals surface area contributed by atoms with E-state index in [2.05, 4.69) is 84.6 Å². The Labute approximate surface area is 301 Å². The minimum atomic E-state index is -0.410. The van der Waals surface area contributed by atoms with Crippen LogP contribution in [0.25, 0.3) is 0 Å². The van der Waals surface area contributed by atoms with Gasteiger partial charge in [-0.15, -0.1) is 0 Å². The Kier molecular flexibility index (Phi) is 33.3. The fraction of sp³-hybridized carbons (Fsp3) is 0.818. The van der Waals surface area contributed by atoms with E-state index in [1.807, 2.05) is 0 Å². The summed E-state index contributed by atoms with van der Waals surface area (Å²) in [5.74, 6) is 0. The van der Waals surface area contributed by atoms with Crippen molar-refractivity contribution in [2.24, 2.45) is 0 Å². The summed E-state index contributed by atoms with van der Waals surface area (Å²) in [6, 6.07) is 0.448. The molecule has 0 radical (unpaired) electrons. The molecule has 4 nitrogen and oxygen atoms in total. The third-order valence-corrected chi connectivity index (χ3v) is 9.96. The van der Waals surface area contributed by atoms with Gasteiger partial charge in [-0.2, -0.15) is 0 Å². The summed E-state index contributed by atoms with van der Waals surface area (Å²) in [5, 5.41) is 14.6. The van der Waals surface area contributed by atoms with Gasteiger partial charge in [-0.05, 0) is 84.1 Å². The van der Waals surface area contributed by atoms with Gasteiger partial charge < -0.3 is 10.0 Å². The van der Waals surface area contributed by atoms with Crippen molar-refractivity contribution in [1.29, 1.82) is 0 Å². The van der Waals surface area contributed by atoms with Crippen molar-refractivity contribution < 1.29 is 5.11 Å². The highest BCUT2D eigenvalue weighted by Crippen LogP contribution is 2.16. The summed E-state index contributed by atoms with van der Waals surface area (Å²) in [6.07, 6.45) is 52.0. The number of allylic oxidation sites excluding steroid dienone is 8. The maximum Gasteiger partial charge on any atom is 0.117 e. The molecule has 4 heteroatoms. The largest absolute Gasteiger partial charge is 0.377 e. The van der Waals surface area contributed by atoms with Gasteiger partial charge in [0.15, 0.2) is 0 Å².